The molecule has 0 unspecified atom stereocenters. The summed E-state index contributed by atoms with van der Waals surface area (Å²) in [6.45, 7) is 5.83. The van der Waals surface area contributed by atoms with Gasteiger partial charge in [0.05, 0.1) is 15.6 Å². The van der Waals surface area contributed by atoms with Gasteiger partial charge in [0.1, 0.15) is 11.0 Å². The highest BCUT2D eigenvalue weighted by molar-refractivity contribution is 7.15. The number of aryl methyl sites for hydroxylation is 3. The second-order valence-corrected chi connectivity index (χ2v) is 5.58. The molecule has 0 saturated carbocycles. The summed E-state index contributed by atoms with van der Waals surface area (Å²) in [6.07, 6.45) is 0. The van der Waals surface area contributed by atoms with Crippen LogP contribution in [0.3, 0.4) is 0 Å². The molecular weight excluding hydrogens is 270 g/mol. The summed E-state index contributed by atoms with van der Waals surface area (Å²) in [4.78, 5) is 9.66. The fourth-order valence-corrected chi connectivity index (χ4v) is 3.05. The van der Waals surface area contributed by atoms with Crippen molar-refractivity contribution >= 4 is 28.6 Å². The molecule has 0 radical (unpaired) electrons. The molecule has 7 heteroatoms. The molecule has 3 rings (SSSR count). The van der Waals surface area contributed by atoms with Crippen molar-refractivity contribution in [1.29, 1.82) is 0 Å². The Labute approximate surface area is 112 Å². The number of rotatable bonds is 1. The fourth-order valence-electron chi connectivity index (χ4n) is 1.94. The van der Waals surface area contributed by atoms with E-state index < -0.39 is 0 Å². The van der Waals surface area contributed by atoms with Gasteiger partial charge in [-0.2, -0.15) is 0 Å². The average molecular weight is 280 g/mol. The minimum absolute atomic E-state index is 0.427. The maximum atomic E-state index is 5.91. The average Bonchev–Trinajstić information content (AvgIpc) is 2.81. The molecule has 0 aliphatic heterocycles. The Bertz CT molecular complexity index is 745. The van der Waals surface area contributed by atoms with Crippen LogP contribution in [0.5, 0.6) is 0 Å². The summed E-state index contributed by atoms with van der Waals surface area (Å²) in [5, 5.41) is 9.80. The maximum Gasteiger partial charge on any atom is 0.181 e. The van der Waals surface area contributed by atoms with Gasteiger partial charge in [0.15, 0.2) is 11.5 Å². The van der Waals surface area contributed by atoms with Crippen LogP contribution >= 0.6 is 22.9 Å². The van der Waals surface area contributed by atoms with Gasteiger partial charge < -0.3 is 0 Å². The van der Waals surface area contributed by atoms with Crippen molar-refractivity contribution in [1.82, 2.24) is 24.6 Å². The molecule has 0 fully saturated rings. The molecule has 0 bridgehead atoms. The highest BCUT2D eigenvalue weighted by Gasteiger charge is 2.16. The van der Waals surface area contributed by atoms with Crippen LogP contribution in [0.15, 0.2) is 6.07 Å². The summed E-state index contributed by atoms with van der Waals surface area (Å²) < 4.78 is 1.89. The number of thiazole rings is 1. The SMILES string of the molecule is Cc1nc(C)c(-c2nnc3cc(Cl)nc(C)n23)s1. The smallest absolute Gasteiger partial charge is 0.181 e. The summed E-state index contributed by atoms with van der Waals surface area (Å²) >= 11 is 7.52. The second kappa shape index (κ2) is 4.00. The van der Waals surface area contributed by atoms with Gasteiger partial charge in [-0.3, -0.25) is 4.40 Å². The van der Waals surface area contributed by atoms with Gasteiger partial charge in [-0.05, 0) is 20.8 Å². The van der Waals surface area contributed by atoms with Gasteiger partial charge in [-0.1, -0.05) is 11.6 Å². The van der Waals surface area contributed by atoms with Crippen LogP contribution in [0, 0.1) is 20.8 Å². The van der Waals surface area contributed by atoms with Crippen molar-refractivity contribution in [2.24, 2.45) is 0 Å². The van der Waals surface area contributed by atoms with E-state index in [1.165, 1.54) is 0 Å². The van der Waals surface area contributed by atoms with Gasteiger partial charge in [-0.25, -0.2) is 9.97 Å². The van der Waals surface area contributed by atoms with Crippen molar-refractivity contribution in [3.63, 3.8) is 0 Å². The number of aromatic nitrogens is 5. The minimum atomic E-state index is 0.427. The zero-order chi connectivity index (χ0) is 12.9. The van der Waals surface area contributed by atoms with E-state index in [1.807, 2.05) is 25.2 Å². The Morgan fingerprint density at radius 3 is 2.61 bits per heavy atom. The molecular formula is C11H10ClN5S. The van der Waals surface area contributed by atoms with E-state index in [0.29, 0.717) is 10.8 Å². The monoisotopic (exact) mass is 279 g/mol. The lowest BCUT2D eigenvalue weighted by molar-refractivity contribution is 0.988. The molecule has 3 aromatic rings. The number of fused-ring (bicyclic) bond motifs is 1. The lowest BCUT2D eigenvalue weighted by Crippen LogP contribution is -1.97. The van der Waals surface area contributed by atoms with E-state index in [0.717, 1.165) is 27.2 Å². The third kappa shape index (κ3) is 1.69. The van der Waals surface area contributed by atoms with Crippen molar-refractivity contribution in [2.45, 2.75) is 20.8 Å². The van der Waals surface area contributed by atoms with Gasteiger partial charge in [0.25, 0.3) is 0 Å². The first kappa shape index (κ1) is 11.6. The molecule has 18 heavy (non-hydrogen) atoms. The molecule has 5 nitrogen and oxygen atoms in total. The largest absolute Gasteiger partial charge is 0.262 e. The number of nitrogens with zero attached hydrogens (tertiary/aromatic N) is 5. The van der Waals surface area contributed by atoms with Crippen LogP contribution in [0.1, 0.15) is 16.5 Å². The molecule has 0 N–H and O–H groups in total. The Morgan fingerprint density at radius 2 is 1.94 bits per heavy atom. The number of halogens is 1. The summed E-state index contributed by atoms with van der Waals surface area (Å²) in [7, 11) is 0. The maximum absolute atomic E-state index is 5.91. The van der Waals surface area contributed by atoms with Crippen LogP contribution < -0.4 is 0 Å². The van der Waals surface area contributed by atoms with Crippen LogP contribution in [-0.2, 0) is 0 Å². The van der Waals surface area contributed by atoms with Crippen molar-refractivity contribution < 1.29 is 0 Å². The highest BCUT2D eigenvalue weighted by atomic mass is 35.5. The molecule has 3 heterocycles. The zero-order valence-corrected chi connectivity index (χ0v) is 11.7. The first-order chi connectivity index (χ1) is 8.56. The van der Waals surface area contributed by atoms with Crippen molar-refractivity contribution in [3.8, 4) is 10.7 Å². The Hall–Kier alpha value is -1.53. The second-order valence-electron chi connectivity index (χ2n) is 3.99. The van der Waals surface area contributed by atoms with Crippen molar-refractivity contribution in [2.75, 3.05) is 0 Å². The van der Waals surface area contributed by atoms with Crippen LogP contribution in [0.2, 0.25) is 5.15 Å². The quantitative estimate of drug-likeness (QED) is 0.643. The summed E-state index contributed by atoms with van der Waals surface area (Å²) in [6, 6.07) is 1.70. The van der Waals surface area contributed by atoms with Gasteiger partial charge >= 0.3 is 0 Å². The number of hydrogen-bond acceptors (Lipinski definition) is 5. The fraction of sp³-hybridized carbons (Fsp3) is 0.273. The zero-order valence-electron chi connectivity index (χ0n) is 10.1. The Morgan fingerprint density at radius 1 is 1.17 bits per heavy atom. The van der Waals surface area contributed by atoms with Gasteiger partial charge in [0, 0.05) is 6.07 Å². The summed E-state index contributed by atoms with van der Waals surface area (Å²) in [5.41, 5.74) is 1.66. The van der Waals surface area contributed by atoms with Gasteiger partial charge in [0.2, 0.25) is 0 Å². The molecule has 0 amide bonds. The van der Waals surface area contributed by atoms with Crippen LogP contribution in [-0.4, -0.2) is 24.6 Å². The van der Waals surface area contributed by atoms with Crippen LogP contribution in [0.25, 0.3) is 16.3 Å². The molecule has 0 spiro atoms. The molecule has 92 valence electrons. The summed E-state index contributed by atoms with van der Waals surface area (Å²) in [5.74, 6) is 1.54. The lowest BCUT2D eigenvalue weighted by Gasteiger charge is -2.02. The van der Waals surface area contributed by atoms with Gasteiger partial charge in [-0.15, -0.1) is 21.5 Å². The van der Waals surface area contributed by atoms with E-state index in [4.69, 9.17) is 11.6 Å². The predicted molar refractivity (Wildman–Crippen MR) is 71.1 cm³/mol. The third-order valence-corrected chi connectivity index (χ3v) is 3.90. The standard InChI is InChI=1S/C11H10ClN5S/c1-5-10(18-7(3)13-5)11-16-15-9-4-8(12)14-6(2)17(9)11/h4H,1-3H3. The molecule has 0 aliphatic rings. The Balaban J connectivity index is 2.34. The van der Waals surface area contributed by atoms with E-state index in [1.54, 1.807) is 17.4 Å². The third-order valence-electron chi connectivity index (χ3n) is 2.64. The Kier molecular flexibility index (Phi) is 2.57. The highest BCUT2D eigenvalue weighted by Crippen LogP contribution is 2.29. The first-order valence-electron chi connectivity index (χ1n) is 5.39. The van der Waals surface area contributed by atoms with Crippen molar-refractivity contribution in [3.05, 3.63) is 27.7 Å². The molecule has 0 saturated heterocycles. The molecule has 3 aromatic heterocycles. The lowest BCUT2D eigenvalue weighted by atomic mass is 10.3. The van der Waals surface area contributed by atoms with E-state index >= 15 is 0 Å². The number of hydrogen-bond donors (Lipinski definition) is 0. The van der Waals surface area contributed by atoms with E-state index in [-0.39, 0.29) is 0 Å². The molecule has 0 aliphatic carbocycles. The molecule has 0 aromatic carbocycles. The first-order valence-corrected chi connectivity index (χ1v) is 6.58. The molecule has 0 atom stereocenters. The topological polar surface area (TPSA) is 56.0 Å². The normalized spacial score (nSPS) is 11.3. The van der Waals surface area contributed by atoms with Crippen LogP contribution in [0.4, 0.5) is 0 Å². The van der Waals surface area contributed by atoms with E-state index in [2.05, 4.69) is 20.2 Å². The predicted octanol–water partition coefficient (Wildman–Crippen LogP) is 2.83. The van der Waals surface area contributed by atoms with E-state index in [9.17, 15) is 0 Å². The minimum Gasteiger partial charge on any atom is -0.262 e.